The Hall–Kier alpha value is -1.99. The first-order chi connectivity index (χ1) is 12.7. The number of cyclic esters (lactones) is 2. The Balaban J connectivity index is 1.58. The predicted molar refractivity (Wildman–Crippen MR) is 89.9 cm³/mol. The lowest BCUT2D eigenvalue weighted by atomic mass is 9.45. The molecule has 7 nitrogen and oxygen atoms in total. The number of aliphatic hydroxyl groups is 1. The second kappa shape index (κ2) is 5.08. The Morgan fingerprint density at radius 2 is 1.96 bits per heavy atom. The molecule has 27 heavy (non-hydrogen) atoms. The molecule has 3 heterocycles. The van der Waals surface area contributed by atoms with Gasteiger partial charge in [0.2, 0.25) is 6.29 Å². The third kappa shape index (κ3) is 1.96. The zero-order valence-corrected chi connectivity index (χ0v) is 15.3. The van der Waals surface area contributed by atoms with Crippen molar-refractivity contribution in [2.24, 2.45) is 22.7 Å². The molecule has 0 aromatic rings. The SMILES string of the molecule is C[C@]12CC[C@@]34COC(=O)[C@@H]3C=CC(=O)[C@@H]4[C@@]1(C)C[C@@H](C1=CC(=O)O[C@@H]1O)O2. The summed E-state index contributed by atoms with van der Waals surface area (Å²) >= 11 is 0. The summed E-state index contributed by atoms with van der Waals surface area (Å²) in [6, 6.07) is 0. The summed E-state index contributed by atoms with van der Waals surface area (Å²) < 4.78 is 16.6. The van der Waals surface area contributed by atoms with E-state index in [1.807, 2.05) is 13.8 Å². The number of hydrogen-bond donors (Lipinski definition) is 1. The van der Waals surface area contributed by atoms with Gasteiger partial charge in [0.05, 0.1) is 24.2 Å². The van der Waals surface area contributed by atoms with Gasteiger partial charge in [0.25, 0.3) is 0 Å². The van der Waals surface area contributed by atoms with Gasteiger partial charge in [-0.2, -0.15) is 0 Å². The normalized spacial score (nSPS) is 50.6. The maximum absolute atomic E-state index is 13.1. The Morgan fingerprint density at radius 1 is 1.19 bits per heavy atom. The fourth-order valence-corrected chi connectivity index (χ4v) is 6.23. The van der Waals surface area contributed by atoms with Crippen molar-refractivity contribution >= 4 is 17.7 Å². The number of fused-ring (bicyclic) bond motifs is 2. The van der Waals surface area contributed by atoms with Gasteiger partial charge in [0.1, 0.15) is 0 Å². The minimum absolute atomic E-state index is 0.00417. The highest BCUT2D eigenvalue weighted by molar-refractivity contribution is 5.97. The molecule has 1 N–H and O–H groups in total. The van der Waals surface area contributed by atoms with E-state index in [2.05, 4.69) is 0 Å². The van der Waals surface area contributed by atoms with Crippen LogP contribution in [0, 0.1) is 22.7 Å². The van der Waals surface area contributed by atoms with Gasteiger partial charge in [-0.15, -0.1) is 0 Å². The van der Waals surface area contributed by atoms with Gasteiger partial charge in [-0.05, 0) is 32.3 Å². The molecule has 5 aliphatic rings. The van der Waals surface area contributed by atoms with E-state index < -0.39 is 46.6 Å². The van der Waals surface area contributed by atoms with Crippen molar-refractivity contribution in [1.82, 2.24) is 0 Å². The molecule has 0 aromatic heterocycles. The molecule has 2 aliphatic carbocycles. The van der Waals surface area contributed by atoms with E-state index in [4.69, 9.17) is 14.2 Å². The van der Waals surface area contributed by atoms with Gasteiger partial charge in [0.15, 0.2) is 5.78 Å². The molecule has 3 fully saturated rings. The van der Waals surface area contributed by atoms with E-state index in [9.17, 15) is 19.5 Å². The van der Waals surface area contributed by atoms with Gasteiger partial charge < -0.3 is 19.3 Å². The Kier molecular flexibility index (Phi) is 3.23. The van der Waals surface area contributed by atoms with Crippen LogP contribution >= 0.6 is 0 Å². The molecular weight excluding hydrogens is 352 g/mol. The standard InChI is InChI=1S/C20H22O7/c1-18-8-13(10-7-14(22)26-16(10)23)27-19(18,2)5-6-20-9-25-17(24)11(20)3-4-12(21)15(18)20/h3-4,7,11,13,15-16,23H,5-6,8-9H2,1-2H3/t11-,13-,15+,16-,18+,19-,20+/m0/s1. The van der Waals surface area contributed by atoms with Crippen molar-refractivity contribution < 1.29 is 33.7 Å². The fourth-order valence-electron chi connectivity index (χ4n) is 6.23. The van der Waals surface area contributed by atoms with Crippen molar-refractivity contribution in [3.8, 4) is 0 Å². The highest BCUT2D eigenvalue weighted by atomic mass is 16.6. The van der Waals surface area contributed by atoms with Crippen molar-refractivity contribution in [3.63, 3.8) is 0 Å². The van der Waals surface area contributed by atoms with E-state index in [1.54, 1.807) is 6.08 Å². The van der Waals surface area contributed by atoms with Gasteiger partial charge in [-0.25, -0.2) is 4.79 Å². The molecule has 0 radical (unpaired) electrons. The average molecular weight is 374 g/mol. The van der Waals surface area contributed by atoms with Crippen LogP contribution in [0.3, 0.4) is 0 Å². The molecule has 0 bridgehead atoms. The van der Waals surface area contributed by atoms with Crippen LogP contribution in [0.4, 0.5) is 0 Å². The smallest absolute Gasteiger partial charge is 0.333 e. The third-order valence-electron chi connectivity index (χ3n) is 7.76. The van der Waals surface area contributed by atoms with Crippen LogP contribution in [0.1, 0.15) is 33.1 Å². The molecule has 3 aliphatic heterocycles. The fraction of sp³-hybridized carbons (Fsp3) is 0.650. The molecule has 0 aromatic carbocycles. The molecule has 144 valence electrons. The second-order valence-corrected chi connectivity index (χ2v) is 8.91. The number of ether oxygens (including phenoxy) is 3. The molecule has 0 unspecified atom stereocenters. The first kappa shape index (κ1) is 17.1. The molecule has 7 heteroatoms. The second-order valence-electron chi connectivity index (χ2n) is 8.91. The lowest BCUT2D eigenvalue weighted by molar-refractivity contribution is -0.172. The minimum Gasteiger partial charge on any atom is -0.465 e. The number of ketones is 1. The number of carbonyl (C=O) groups excluding carboxylic acids is 3. The van der Waals surface area contributed by atoms with Crippen LogP contribution in [0.25, 0.3) is 0 Å². The highest BCUT2D eigenvalue weighted by Crippen LogP contribution is 2.68. The van der Waals surface area contributed by atoms with Crippen LogP contribution in [-0.4, -0.2) is 47.4 Å². The lowest BCUT2D eigenvalue weighted by Gasteiger charge is -2.57. The summed E-state index contributed by atoms with van der Waals surface area (Å²) in [6.45, 7) is 4.27. The van der Waals surface area contributed by atoms with E-state index in [0.29, 0.717) is 24.8 Å². The summed E-state index contributed by atoms with van der Waals surface area (Å²) in [4.78, 5) is 36.9. The summed E-state index contributed by atoms with van der Waals surface area (Å²) in [5, 5.41) is 10.1. The molecular formula is C20H22O7. The maximum Gasteiger partial charge on any atom is 0.333 e. The molecule has 1 saturated carbocycles. The van der Waals surface area contributed by atoms with Crippen molar-refractivity contribution in [2.75, 3.05) is 6.61 Å². The third-order valence-corrected chi connectivity index (χ3v) is 7.76. The number of allylic oxidation sites excluding steroid dienone is 1. The van der Waals surface area contributed by atoms with Gasteiger partial charge >= 0.3 is 11.9 Å². The number of rotatable bonds is 1. The van der Waals surface area contributed by atoms with E-state index >= 15 is 0 Å². The van der Waals surface area contributed by atoms with Gasteiger partial charge in [-0.1, -0.05) is 13.0 Å². The zero-order chi connectivity index (χ0) is 19.2. The molecule has 7 atom stereocenters. The zero-order valence-electron chi connectivity index (χ0n) is 15.3. The van der Waals surface area contributed by atoms with Crippen LogP contribution in [0.15, 0.2) is 23.8 Å². The molecule has 5 rings (SSSR count). The van der Waals surface area contributed by atoms with E-state index in [0.717, 1.165) is 0 Å². The maximum atomic E-state index is 13.1. The Labute approximate surface area is 156 Å². The van der Waals surface area contributed by atoms with Crippen LogP contribution in [-0.2, 0) is 28.6 Å². The molecule has 1 spiro atoms. The molecule has 0 amide bonds. The number of hydrogen-bond acceptors (Lipinski definition) is 7. The lowest BCUT2D eigenvalue weighted by Crippen LogP contribution is -2.61. The Morgan fingerprint density at radius 3 is 2.67 bits per heavy atom. The minimum atomic E-state index is -1.31. The summed E-state index contributed by atoms with van der Waals surface area (Å²) in [5.41, 5.74) is -1.31. The van der Waals surface area contributed by atoms with Crippen molar-refractivity contribution in [2.45, 2.75) is 51.1 Å². The van der Waals surface area contributed by atoms with Crippen LogP contribution in [0.2, 0.25) is 0 Å². The largest absolute Gasteiger partial charge is 0.465 e. The van der Waals surface area contributed by atoms with Gasteiger partial charge in [-0.3, -0.25) is 9.59 Å². The van der Waals surface area contributed by atoms with E-state index in [1.165, 1.54) is 12.2 Å². The quantitative estimate of drug-likeness (QED) is 0.685. The van der Waals surface area contributed by atoms with Crippen LogP contribution in [0.5, 0.6) is 0 Å². The first-order valence-corrected chi connectivity index (χ1v) is 9.37. The summed E-state index contributed by atoms with van der Waals surface area (Å²) in [5.74, 6) is -1.67. The summed E-state index contributed by atoms with van der Waals surface area (Å²) in [7, 11) is 0. The molecule has 2 saturated heterocycles. The van der Waals surface area contributed by atoms with Gasteiger partial charge in [0, 0.05) is 28.4 Å². The van der Waals surface area contributed by atoms with Crippen molar-refractivity contribution in [3.05, 3.63) is 23.8 Å². The number of aliphatic hydroxyl groups excluding tert-OH is 1. The number of esters is 2. The number of carbonyl (C=O) groups is 3. The average Bonchev–Trinajstić information content (AvgIpc) is 3.19. The topological polar surface area (TPSA) is 99.1 Å². The summed E-state index contributed by atoms with van der Waals surface area (Å²) in [6.07, 6.45) is 4.47. The highest BCUT2D eigenvalue weighted by Gasteiger charge is 2.72. The van der Waals surface area contributed by atoms with Crippen LogP contribution < -0.4 is 0 Å². The van der Waals surface area contributed by atoms with E-state index in [-0.39, 0.29) is 18.4 Å². The Bertz CT molecular complexity index is 828. The monoisotopic (exact) mass is 374 g/mol. The van der Waals surface area contributed by atoms with Crippen molar-refractivity contribution in [1.29, 1.82) is 0 Å². The first-order valence-electron chi connectivity index (χ1n) is 9.37. The predicted octanol–water partition coefficient (Wildman–Crippen LogP) is 1.05.